The van der Waals surface area contributed by atoms with Crippen LogP contribution in [0.5, 0.6) is 0 Å². The van der Waals surface area contributed by atoms with E-state index in [1.165, 1.54) is 0 Å². The number of rotatable bonds is 3. The number of carbonyl (C=O) groups excluding carboxylic acids is 2. The molecule has 0 aliphatic carbocycles. The molecule has 0 bridgehead atoms. The lowest BCUT2D eigenvalue weighted by Gasteiger charge is -2.21. The molecule has 0 N–H and O–H groups in total. The van der Waals surface area contributed by atoms with Crippen LogP contribution in [-0.2, 0) is 9.53 Å². The highest BCUT2D eigenvalue weighted by atomic mass is 79.9. The Hall–Kier alpha value is -1.16. The Labute approximate surface area is 116 Å². The van der Waals surface area contributed by atoms with Crippen LogP contribution in [0.25, 0.3) is 0 Å². The quantitative estimate of drug-likeness (QED) is 0.486. The van der Waals surface area contributed by atoms with Gasteiger partial charge in [0.2, 0.25) is 0 Å². The fourth-order valence-corrected chi connectivity index (χ4v) is 1.79. The molecule has 0 aliphatic rings. The minimum absolute atomic E-state index is 0.231. The first-order valence-electron chi connectivity index (χ1n) is 5.73. The molecule has 1 aromatic rings. The van der Waals surface area contributed by atoms with Gasteiger partial charge in [-0.15, -0.1) is 0 Å². The van der Waals surface area contributed by atoms with Crippen molar-refractivity contribution in [3.8, 4) is 0 Å². The number of esters is 1. The maximum absolute atomic E-state index is 12.1. The molecule has 0 saturated heterocycles. The van der Waals surface area contributed by atoms with Gasteiger partial charge in [0.25, 0.3) is 0 Å². The molecule has 0 saturated carbocycles. The molecular weight excluding hydrogens is 296 g/mol. The maximum atomic E-state index is 12.1. The van der Waals surface area contributed by atoms with Gasteiger partial charge in [-0.2, -0.15) is 0 Å². The lowest BCUT2D eigenvalue weighted by molar-refractivity contribution is -0.157. The van der Waals surface area contributed by atoms with E-state index in [9.17, 15) is 9.59 Å². The van der Waals surface area contributed by atoms with Crippen LogP contribution in [-0.4, -0.2) is 17.4 Å². The molecule has 1 rings (SSSR count). The highest BCUT2D eigenvalue weighted by Crippen LogP contribution is 2.18. The number of Topliss-reactive ketones (excluding diaryl/α,β-unsaturated/α-hetero) is 1. The molecule has 3 nitrogen and oxygen atoms in total. The fourth-order valence-electron chi connectivity index (χ4n) is 1.39. The molecule has 0 heterocycles. The third kappa shape index (κ3) is 4.26. The summed E-state index contributed by atoms with van der Waals surface area (Å²) in [7, 11) is 0. The van der Waals surface area contributed by atoms with E-state index in [-0.39, 0.29) is 5.78 Å². The zero-order valence-corrected chi connectivity index (χ0v) is 12.6. The predicted octanol–water partition coefficient (Wildman–Crippen LogP) is 3.61. The van der Waals surface area contributed by atoms with Crippen LogP contribution in [0.4, 0.5) is 0 Å². The van der Waals surface area contributed by atoms with E-state index in [2.05, 4.69) is 15.9 Å². The van der Waals surface area contributed by atoms with Crippen molar-refractivity contribution in [2.75, 3.05) is 0 Å². The molecule has 4 heteroatoms. The normalized spacial score (nSPS) is 12.9. The van der Waals surface area contributed by atoms with E-state index >= 15 is 0 Å². The summed E-state index contributed by atoms with van der Waals surface area (Å²) in [6.45, 7) is 6.90. The monoisotopic (exact) mass is 312 g/mol. The summed E-state index contributed by atoms with van der Waals surface area (Å²) in [5.74, 6) is -1.52. The second kappa shape index (κ2) is 5.65. The Kier molecular flexibility index (Phi) is 4.68. The average Bonchev–Trinajstić information content (AvgIpc) is 2.24. The van der Waals surface area contributed by atoms with Crippen molar-refractivity contribution in [2.45, 2.75) is 33.3 Å². The Morgan fingerprint density at radius 2 is 1.89 bits per heavy atom. The molecule has 1 unspecified atom stereocenters. The molecule has 18 heavy (non-hydrogen) atoms. The van der Waals surface area contributed by atoms with Gasteiger partial charge in [0.1, 0.15) is 11.5 Å². The number of carbonyl (C=O) groups is 2. The second-order valence-corrected chi connectivity index (χ2v) is 6.05. The summed E-state index contributed by atoms with van der Waals surface area (Å²) >= 11 is 3.30. The minimum atomic E-state index is -0.793. The topological polar surface area (TPSA) is 43.4 Å². The Bertz CT molecular complexity index is 460. The zero-order chi connectivity index (χ0) is 13.9. The number of hydrogen-bond donors (Lipinski definition) is 0. The molecule has 0 radical (unpaired) electrons. The van der Waals surface area contributed by atoms with Crippen molar-refractivity contribution < 1.29 is 14.3 Å². The summed E-state index contributed by atoms with van der Waals surface area (Å²) < 4.78 is 6.01. The van der Waals surface area contributed by atoms with Crippen LogP contribution in [0.3, 0.4) is 0 Å². The van der Waals surface area contributed by atoms with Crippen molar-refractivity contribution in [1.82, 2.24) is 0 Å². The molecular formula is C14H17BrO3. The second-order valence-electron chi connectivity index (χ2n) is 5.13. The third-order valence-corrected chi connectivity index (χ3v) is 2.76. The van der Waals surface area contributed by atoms with Crippen LogP contribution in [0.1, 0.15) is 38.1 Å². The summed E-state index contributed by atoms with van der Waals surface area (Å²) in [6.07, 6.45) is 0. The van der Waals surface area contributed by atoms with Crippen LogP contribution in [0, 0.1) is 5.92 Å². The molecule has 1 atom stereocenters. The SMILES string of the molecule is CC(C(=O)OC(C)(C)C)C(=O)c1cccc(Br)c1. The summed E-state index contributed by atoms with van der Waals surface area (Å²) in [5, 5.41) is 0. The van der Waals surface area contributed by atoms with E-state index < -0.39 is 17.5 Å². The first-order valence-corrected chi connectivity index (χ1v) is 6.52. The number of halogens is 1. The fraction of sp³-hybridized carbons (Fsp3) is 0.429. The highest BCUT2D eigenvalue weighted by molar-refractivity contribution is 9.10. The Morgan fingerprint density at radius 1 is 1.28 bits per heavy atom. The third-order valence-electron chi connectivity index (χ3n) is 2.26. The standard InChI is InChI=1S/C14H17BrO3/c1-9(13(17)18-14(2,3)4)12(16)10-6-5-7-11(15)8-10/h5-9H,1-4H3. The molecule has 1 aromatic carbocycles. The Balaban J connectivity index is 2.81. The van der Waals surface area contributed by atoms with Gasteiger partial charge >= 0.3 is 5.97 Å². The summed E-state index contributed by atoms with van der Waals surface area (Å²) in [5.41, 5.74) is -0.0779. The number of ketones is 1. The number of ether oxygens (including phenoxy) is 1. The van der Waals surface area contributed by atoms with E-state index in [0.29, 0.717) is 5.56 Å². The smallest absolute Gasteiger partial charge is 0.317 e. The predicted molar refractivity (Wildman–Crippen MR) is 73.5 cm³/mol. The average molecular weight is 313 g/mol. The van der Waals surface area contributed by atoms with Gasteiger partial charge < -0.3 is 4.74 Å². The van der Waals surface area contributed by atoms with Gasteiger partial charge in [-0.25, -0.2) is 0 Å². The number of hydrogen-bond acceptors (Lipinski definition) is 3. The van der Waals surface area contributed by atoms with Crippen LogP contribution in [0.2, 0.25) is 0 Å². The van der Waals surface area contributed by atoms with Crippen molar-refractivity contribution in [3.63, 3.8) is 0 Å². The van der Waals surface area contributed by atoms with E-state index in [4.69, 9.17) is 4.74 Å². The lowest BCUT2D eigenvalue weighted by atomic mass is 9.99. The largest absolute Gasteiger partial charge is 0.459 e. The van der Waals surface area contributed by atoms with Crippen molar-refractivity contribution >= 4 is 27.7 Å². The minimum Gasteiger partial charge on any atom is -0.459 e. The van der Waals surface area contributed by atoms with E-state index in [1.807, 2.05) is 6.07 Å². The Morgan fingerprint density at radius 3 is 2.39 bits per heavy atom. The van der Waals surface area contributed by atoms with Gasteiger partial charge in [-0.1, -0.05) is 28.1 Å². The number of benzene rings is 1. The van der Waals surface area contributed by atoms with Crippen molar-refractivity contribution in [2.24, 2.45) is 5.92 Å². The van der Waals surface area contributed by atoms with Gasteiger partial charge in [-0.3, -0.25) is 9.59 Å². The summed E-state index contributed by atoms with van der Waals surface area (Å²) in [6, 6.07) is 6.98. The van der Waals surface area contributed by atoms with E-state index in [1.54, 1.807) is 45.9 Å². The molecule has 98 valence electrons. The van der Waals surface area contributed by atoms with Gasteiger partial charge in [0.05, 0.1) is 0 Å². The molecule has 0 fully saturated rings. The first-order chi connectivity index (χ1) is 8.20. The highest BCUT2D eigenvalue weighted by Gasteiger charge is 2.27. The zero-order valence-electron chi connectivity index (χ0n) is 11.0. The maximum Gasteiger partial charge on any atom is 0.317 e. The molecule has 0 spiro atoms. The van der Waals surface area contributed by atoms with Crippen molar-refractivity contribution in [1.29, 1.82) is 0 Å². The van der Waals surface area contributed by atoms with Crippen LogP contribution >= 0.6 is 15.9 Å². The molecule has 0 aliphatic heterocycles. The van der Waals surface area contributed by atoms with Gasteiger partial charge in [0, 0.05) is 10.0 Å². The van der Waals surface area contributed by atoms with E-state index in [0.717, 1.165) is 4.47 Å². The van der Waals surface area contributed by atoms with Gasteiger partial charge in [-0.05, 0) is 39.8 Å². The van der Waals surface area contributed by atoms with Crippen LogP contribution < -0.4 is 0 Å². The summed E-state index contributed by atoms with van der Waals surface area (Å²) in [4.78, 5) is 23.9. The van der Waals surface area contributed by atoms with Gasteiger partial charge in [0.15, 0.2) is 5.78 Å². The first kappa shape index (κ1) is 14.9. The molecule has 0 amide bonds. The van der Waals surface area contributed by atoms with Crippen molar-refractivity contribution in [3.05, 3.63) is 34.3 Å². The molecule has 0 aromatic heterocycles. The lowest BCUT2D eigenvalue weighted by Crippen LogP contribution is -2.31. The van der Waals surface area contributed by atoms with Crippen LogP contribution in [0.15, 0.2) is 28.7 Å².